The van der Waals surface area contributed by atoms with E-state index in [4.69, 9.17) is 18.5 Å². The highest BCUT2D eigenvalue weighted by molar-refractivity contribution is 7.45. The highest BCUT2D eigenvalue weighted by Crippen LogP contribution is 2.38. The normalized spacial score (nSPS) is 14.5. The second-order valence-electron chi connectivity index (χ2n) is 18.5. The van der Waals surface area contributed by atoms with Crippen molar-refractivity contribution in [3.63, 3.8) is 0 Å². The van der Waals surface area contributed by atoms with Gasteiger partial charge in [0.1, 0.15) is 19.8 Å². The minimum absolute atomic E-state index is 0.0506. The van der Waals surface area contributed by atoms with E-state index < -0.39 is 32.5 Å². The Hall–Kier alpha value is -4.11. The van der Waals surface area contributed by atoms with Crippen molar-refractivity contribution in [2.24, 2.45) is 0 Å². The van der Waals surface area contributed by atoms with Crippen LogP contribution in [0.1, 0.15) is 174 Å². The quantitative estimate of drug-likeness (QED) is 0.0195. The molecule has 9 nitrogen and oxygen atoms in total. The molecule has 0 saturated carbocycles. The lowest BCUT2D eigenvalue weighted by molar-refractivity contribution is -0.870. The molecule has 0 aromatic heterocycles. The van der Waals surface area contributed by atoms with E-state index in [1.54, 1.807) is 0 Å². The molecule has 0 aliphatic heterocycles. The standard InChI is InChI=1S/C61H98NO8P/c1-6-8-10-12-14-16-18-20-22-23-24-25-26-27-28-29-30-31-32-33-34-35-36-37-38-39-40-42-44-46-48-50-52-54-61(64)70-59(58-69-71(65,66)68-56-55-62(3,4)5)57-67-60(63)53-51-49-47-45-43-41-21-19-17-15-13-11-9-7-2/h8,10,13-16,19-22,24-25,27-28,30-31,33-34,36-37,39-40,44,46,59H,6-7,9,11-12,17-18,23,26,29,32,35,38,41-43,45,47-58H2,1-5H3/b10-8-,15-13-,16-14-,21-19-,22-20-,25-24-,28-27-,31-30-,34-33-,37-36-,40-39-,46-44-. The third-order valence-electron chi connectivity index (χ3n) is 10.6. The number of carbonyl (C=O) groups excluding carboxylic acids is 2. The van der Waals surface area contributed by atoms with Gasteiger partial charge < -0.3 is 27.9 Å². The number of hydrogen-bond acceptors (Lipinski definition) is 8. The number of rotatable bonds is 47. The average Bonchev–Trinajstić information content (AvgIpc) is 3.33. The fraction of sp³-hybridized carbons (Fsp3) is 0.574. The first kappa shape index (κ1) is 66.9. The maximum atomic E-state index is 12.7. The van der Waals surface area contributed by atoms with E-state index in [9.17, 15) is 19.0 Å². The molecule has 0 aliphatic carbocycles. The maximum absolute atomic E-state index is 12.7. The van der Waals surface area contributed by atoms with Crippen molar-refractivity contribution in [2.75, 3.05) is 47.5 Å². The molecule has 0 aromatic carbocycles. The number of ether oxygens (including phenoxy) is 2. The lowest BCUT2D eigenvalue weighted by Gasteiger charge is -2.28. The molecule has 2 atom stereocenters. The van der Waals surface area contributed by atoms with Crippen molar-refractivity contribution in [3.05, 3.63) is 146 Å². The van der Waals surface area contributed by atoms with Crippen molar-refractivity contribution in [1.29, 1.82) is 0 Å². The molecule has 71 heavy (non-hydrogen) atoms. The van der Waals surface area contributed by atoms with Crippen LogP contribution in [0.2, 0.25) is 0 Å². The molecule has 0 aliphatic rings. The Kier molecular flexibility index (Phi) is 47.9. The smallest absolute Gasteiger partial charge is 0.306 e. The van der Waals surface area contributed by atoms with Crippen LogP contribution in [0, 0.1) is 0 Å². The summed E-state index contributed by atoms with van der Waals surface area (Å²) in [6.45, 7) is 3.97. The lowest BCUT2D eigenvalue weighted by Crippen LogP contribution is -2.37. The van der Waals surface area contributed by atoms with Crippen LogP contribution < -0.4 is 4.89 Å². The number of likely N-dealkylation sites (N-methyl/N-ethyl adjacent to an activating group) is 1. The zero-order chi connectivity index (χ0) is 52.0. The predicted molar refractivity (Wildman–Crippen MR) is 300 cm³/mol. The van der Waals surface area contributed by atoms with E-state index in [0.717, 1.165) is 122 Å². The first-order valence-electron chi connectivity index (χ1n) is 27.0. The van der Waals surface area contributed by atoms with Gasteiger partial charge in [-0.15, -0.1) is 0 Å². The van der Waals surface area contributed by atoms with Gasteiger partial charge in [-0.2, -0.15) is 0 Å². The van der Waals surface area contributed by atoms with Gasteiger partial charge in [-0.1, -0.05) is 192 Å². The number of esters is 2. The fourth-order valence-corrected chi connectivity index (χ4v) is 7.13. The zero-order valence-corrected chi connectivity index (χ0v) is 46.0. The number of nitrogens with zero attached hydrogens (tertiary/aromatic N) is 1. The van der Waals surface area contributed by atoms with Crippen molar-refractivity contribution in [3.8, 4) is 0 Å². The van der Waals surface area contributed by atoms with Gasteiger partial charge in [-0.25, -0.2) is 0 Å². The molecular formula is C61H98NO8P. The molecule has 0 heterocycles. The minimum atomic E-state index is -4.66. The number of phosphoric ester groups is 1. The van der Waals surface area contributed by atoms with Gasteiger partial charge >= 0.3 is 11.9 Å². The number of unbranched alkanes of at least 4 members (excludes halogenated alkanes) is 9. The van der Waals surface area contributed by atoms with E-state index in [2.05, 4.69) is 160 Å². The number of hydrogen-bond donors (Lipinski definition) is 0. The Morgan fingerprint density at radius 1 is 0.451 bits per heavy atom. The van der Waals surface area contributed by atoms with Gasteiger partial charge in [-0.3, -0.25) is 14.2 Å². The molecule has 400 valence electrons. The fourth-order valence-electron chi connectivity index (χ4n) is 6.40. The molecule has 0 aromatic rings. The van der Waals surface area contributed by atoms with Gasteiger partial charge in [0.2, 0.25) is 0 Å². The molecule has 10 heteroatoms. The first-order chi connectivity index (χ1) is 34.5. The van der Waals surface area contributed by atoms with Crippen LogP contribution in [-0.4, -0.2) is 70.0 Å². The average molecular weight is 1000 g/mol. The van der Waals surface area contributed by atoms with Crippen molar-refractivity contribution < 1.29 is 42.1 Å². The largest absolute Gasteiger partial charge is 0.756 e. The Morgan fingerprint density at radius 3 is 1.23 bits per heavy atom. The van der Waals surface area contributed by atoms with Gasteiger partial charge in [-0.05, 0) is 116 Å². The molecule has 0 spiro atoms. The topological polar surface area (TPSA) is 111 Å². The first-order valence-corrected chi connectivity index (χ1v) is 28.5. The summed E-state index contributed by atoms with van der Waals surface area (Å²) in [6, 6.07) is 0. The van der Waals surface area contributed by atoms with Crippen LogP contribution >= 0.6 is 7.82 Å². The van der Waals surface area contributed by atoms with Gasteiger partial charge in [0.15, 0.2) is 6.10 Å². The van der Waals surface area contributed by atoms with E-state index in [-0.39, 0.29) is 26.1 Å². The molecule has 0 N–H and O–H groups in total. The van der Waals surface area contributed by atoms with Crippen LogP contribution in [0.15, 0.2) is 146 Å². The van der Waals surface area contributed by atoms with E-state index in [1.807, 2.05) is 21.1 Å². The molecule has 0 saturated heterocycles. The van der Waals surface area contributed by atoms with Crippen molar-refractivity contribution in [2.45, 2.75) is 180 Å². The summed E-state index contributed by atoms with van der Waals surface area (Å²) in [5, 5.41) is 0. The summed E-state index contributed by atoms with van der Waals surface area (Å²) in [7, 11) is 1.10. The Morgan fingerprint density at radius 2 is 0.803 bits per heavy atom. The van der Waals surface area contributed by atoms with Gasteiger partial charge in [0.05, 0.1) is 27.7 Å². The van der Waals surface area contributed by atoms with Gasteiger partial charge in [0.25, 0.3) is 7.82 Å². The molecule has 0 radical (unpaired) electrons. The van der Waals surface area contributed by atoms with Crippen LogP contribution in [0.5, 0.6) is 0 Å². The summed E-state index contributed by atoms with van der Waals surface area (Å²) >= 11 is 0. The van der Waals surface area contributed by atoms with E-state index in [1.165, 1.54) is 12.8 Å². The lowest BCUT2D eigenvalue weighted by atomic mass is 10.1. The molecular weight excluding hydrogens is 906 g/mol. The maximum Gasteiger partial charge on any atom is 0.306 e. The molecule has 0 bridgehead atoms. The summed E-state index contributed by atoms with van der Waals surface area (Å²) in [5.74, 6) is -0.917. The van der Waals surface area contributed by atoms with E-state index >= 15 is 0 Å². The summed E-state index contributed by atoms with van der Waals surface area (Å²) in [4.78, 5) is 37.7. The Balaban J connectivity index is 4.33. The summed E-state index contributed by atoms with van der Waals surface area (Å²) in [6.07, 6.45) is 74.7. The van der Waals surface area contributed by atoms with Crippen LogP contribution in [0.4, 0.5) is 0 Å². The number of allylic oxidation sites excluding steroid dienone is 24. The third kappa shape index (κ3) is 55.1. The second kappa shape index (κ2) is 50.8. The van der Waals surface area contributed by atoms with Crippen molar-refractivity contribution >= 4 is 19.8 Å². The highest BCUT2D eigenvalue weighted by Gasteiger charge is 2.21. The predicted octanol–water partition coefficient (Wildman–Crippen LogP) is 16.1. The van der Waals surface area contributed by atoms with Crippen molar-refractivity contribution in [1.82, 2.24) is 0 Å². The van der Waals surface area contributed by atoms with Crippen LogP contribution in [0.3, 0.4) is 0 Å². The number of quaternary nitrogens is 1. The Bertz CT molecular complexity index is 1700. The molecule has 0 rings (SSSR count). The molecule has 2 unspecified atom stereocenters. The molecule has 0 amide bonds. The van der Waals surface area contributed by atoms with Crippen LogP contribution in [-0.2, 0) is 32.7 Å². The highest BCUT2D eigenvalue weighted by atomic mass is 31.2. The molecule has 0 fully saturated rings. The summed E-state index contributed by atoms with van der Waals surface area (Å²) in [5.41, 5.74) is 0. The SMILES string of the molecule is CC/C=C\C/C=C\C/C=C\C/C=C\C/C=C\C/C=C\C/C=C\C/C=C\C/C=C\C/C=C\CCCCC(=O)OC(COC(=O)CCCCCCC/C=C\C/C=C\CCCC)COP(=O)([O-])OCC[N+](C)(C)C. The zero-order valence-electron chi connectivity index (χ0n) is 45.1. The Labute approximate surface area is 433 Å². The van der Waals surface area contributed by atoms with E-state index in [0.29, 0.717) is 23.9 Å². The summed E-state index contributed by atoms with van der Waals surface area (Å²) < 4.78 is 34.0. The minimum Gasteiger partial charge on any atom is -0.756 e. The third-order valence-corrected chi connectivity index (χ3v) is 11.6. The number of carbonyl (C=O) groups is 2. The second-order valence-corrected chi connectivity index (χ2v) is 19.9. The van der Waals surface area contributed by atoms with Gasteiger partial charge in [0, 0.05) is 12.8 Å². The number of phosphoric acid groups is 1. The van der Waals surface area contributed by atoms with Crippen LogP contribution in [0.25, 0.3) is 0 Å². The monoisotopic (exact) mass is 1000 g/mol.